The van der Waals surface area contributed by atoms with Crippen LogP contribution in [0.2, 0.25) is 0 Å². The van der Waals surface area contributed by atoms with Crippen molar-refractivity contribution < 1.29 is 0 Å². The highest BCUT2D eigenvalue weighted by molar-refractivity contribution is 5.69. The monoisotopic (exact) mass is 284 g/mol. The molecule has 1 aliphatic rings. The van der Waals surface area contributed by atoms with Crippen molar-refractivity contribution in [3.63, 3.8) is 0 Å². The van der Waals surface area contributed by atoms with Gasteiger partial charge in [0.2, 0.25) is 0 Å². The minimum atomic E-state index is 0.549. The van der Waals surface area contributed by atoms with Crippen molar-refractivity contribution in [2.75, 3.05) is 17.6 Å². The van der Waals surface area contributed by atoms with Crippen molar-refractivity contribution in [2.24, 2.45) is 0 Å². The maximum absolute atomic E-state index is 6.14. The van der Waals surface area contributed by atoms with Gasteiger partial charge in [-0.25, -0.2) is 15.0 Å². The summed E-state index contributed by atoms with van der Waals surface area (Å²) in [6.45, 7) is 0.844. The quantitative estimate of drug-likeness (QED) is 0.825. The highest BCUT2D eigenvalue weighted by Crippen LogP contribution is 2.23. The van der Waals surface area contributed by atoms with Crippen LogP contribution in [0.1, 0.15) is 32.1 Å². The Hall–Kier alpha value is -2.37. The normalized spacial score (nSPS) is 14.8. The molecule has 0 saturated carbocycles. The second-order valence-electron chi connectivity index (χ2n) is 5.21. The highest BCUT2D eigenvalue weighted by atomic mass is 15.1. The van der Waals surface area contributed by atoms with Crippen molar-refractivity contribution >= 4 is 11.5 Å². The van der Waals surface area contributed by atoms with Crippen molar-refractivity contribution in [1.82, 2.24) is 19.5 Å². The van der Waals surface area contributed by atoms with E-state index in [2.05, 4.69) is 26.3 Å². The van der Waals surface area contributed by atoms with Crippen LogP contribution >= 0.6 is 0 Å². The van der Waals surface area contributed by atoms with Gasteiger partial charge in [-0.15, -0.1) is 0 Å². The molecule has 110 valence electrons. The molecule has 0 spiro atoms. The third-order valence-corrected chi connectivity index (χ3v) is 3.74. The second-order valence-corrected chi connectivity index (χ2v) is 5.21. The first-order chi connectivity index (χ1) is 10.3. The van der Waals surface area contributed by atoms with Crippen molar-refractivity contribution in [3.8, 4) is 5.82 Å². The standard InChI is InChI=1S/C15H20N6/c16-13-14(18-7-6-12-4-2-1-3-5-12)19-10-20-15(13)21-9-8-17-11-21/h4,8-11H,1-3,5-7,16H2,(H,18,19,20). The number of nitrogens with zero attached hydrogens (tertiary/aromatic N) is 4. The Bertz CT molecular complexity index is 617. The Kier molecular flexibility index (Phi) is 4.14. The highest BCUT2D eigenvalue weighted by Gasteiger charge is 2.09. The molecule has 3 N–H and O–H groups in total. The van der Waals surface area contributed by atoms with Gasteiger partial charge in [0.1, 0.15) is 18.3 Å². The van der Waals surface area contributed by atoms with Crippen LogP contribution in [0.5, 0.6) is 0 Å². The number of allylic oxidation sites excluding steroid dienone is 1. The molecule has 2 aromatic rings. The number of hydrogen-bond acceptors (Lipinski definition) is 5. The molecule has 3 rings (SSSR count). The summed E-state index contributed by atoms with van der Waals surface area (Å²) in [5.41, 5.74) is 8.23. The van der Waals surface area contributed by atoms with E-state index in [-0.39, 0.29) is 0 Å². The number of imidazole rings is 1. The number of rotatable bonds is 5. The molecule has 2 aromatic heterocycles. The fourth-order valence-corrected chi connectivity index (χ4v) is 2.59. The Morgan fingerprint density at radius 2 is 2.24 bits per heavy atom. The lowest BCUT2D eigenvalue weighted by Crippen LogP contribution is -2.11. The van der Waals surface area contributed by atoms with E-state index < -0.39 is 0 Å². The molecule has 6 heteroatoms. The summed E-state index contributed by atoms with van der Waals surface area (Å²) < 4.78 is 1.78. The Morgan fingerprint density at radius 1 is 1.29 bits per heavy atom. The molecule has 0 aromatic carbocycles. The van der Waals surface area contributed by atoms with Crippen LogP contribution in [-0.4, -0.2) is 26.1 Å². The fraction of sp³-hybridized carbons (Fsp3) is 0.400. The zero-order chi connectivity index (χ0) is 14.5. The minimum Gasteiger partial charge on any atom is -0.393 e. The van der Waals surface area contributed by atoms with E-state index >= 15 is 0 Å². The van der Waals surface area contributed by atoms with Gasteiger partial charge in [0.15, 0.2) is 11.6 Å². The lowest BCUT2D eigenvalue weighted by atomic mass is 9.97. The predicted molar refractivity (Wildman–Crippen MR) is 83.2 cm³/mol. The summed E-state index contributed by atoms with van der Waals surface area (Å²) in [7, 11) is 0. The molecule has 0 atom stereocenters. The average Bonchev–Trinajstić information content (AvgIpc) is 3.04. The van der Waals surface area contributed by atoms with Crippen LogP contribution in [0, 0.1) is 0 Å². The van der Waals surface area contributed by atoms with E-state index in [0.29, 0.717) is 17.3 Å². The van der Waals surface area contributed by atoms with Crippen LogP contribution in [-0.2, 0) is 0 Å². The van der Waals surface area contributed by atoms with E-state index in [9.17, 15) is 0 Å². The molecule has 1 aliphatic carbocycles. The summed E-state index contributed by atoms with van der Waals surface area (Å²) in [5, 5.41) is 3.31. The van der Waals surface area contributed by atoms with E-state index in [1.807, 2.05) is 6.20 Å². The van der Waals surface area contributed by atoms with E-state index in [0.717, 1.165) is 13.0 Å². The average molecular weight is 284 g/mol. The predicted octanol–water partition coefficient (Wildman–Crippen LogP) is 2.55. The Balaban J connectivity index is 1.66. The molecular weight excluding hydrogens is 264 g/mol. The molecule has 0 unspecified atom stereocenters. The maximum atomic E-state index is 6.14. The SMILES string of the molecule is Nc1c(NCCC2=CCCCC2)ncnc1-n1ccnc1. The van der Waals surface area contributed by atoms with E-state index in [1.54, 1.807) is 17.1 Å². The zero-order valence-corrected chi connectivity index (χ0v) is 12.0. The first-order valence-electron chi connectivity index (χ1n) is 7.35. The van der Waals surface area contributed by atoms with Crippen LogP contribution < -0.4 is 11.1 Å². The largest absolute Gasteiger partial charge is 0.393 e. The van der Waals surface area contributed by atoms with Crippen LogP contribution in [0.15, 0.2) is 36.7 Å². The summed E-state index contributed by atoms with van der Waals surface area (Å²) >= 11 is 0. The third kappa shape index (κ3) is 3.21. The molecule has 0 bridgehead atoms. The number of nitrogen functional groups attached to an aromatic ring is 1. The molecule has 0 amide bonds. The van der Waals surface area contributed by atoms with E-state index in [4.69, 9.17) is 5.73 Å². The van der Waals surface area contributed by atoms with Crippen LogP contribution in [0.3, 0.4) is 0 Å². The molecule has 2 heterocycles. The van der Waals surface area contributed by atoms with Gasteiger partial charge in [-0.1, -0.05) is 11.6 Å². The second kappa shape index (κ2) is 6.39. The molecular formula is C15H20N6. The van der Waals surface area contributed by atoms with Gasteiger partial charge in [-0.05, 0) is 32.1 Å². The Morgan fingerprint density at radius 3 is 3.00 bits per heavy atom. The topological polar surface area (TPSA) is 81.6 Å². The lowest BCUT2D eigenvalue weighted by Gasteiger charge is -2.14. The lowest BCUT2D eigenvalue weighted by molar-refractivity contribution is 0.679. The Labute approximate surface area is 124 Å². The van der Waals surface area contributed by atoms with Gasteiger partial charge >= 0.3 is 0 Å². The zero-order valence-electron chi connectivity index (χ0n) is 12.0. The first-order valence-corrected chi connectivity index (χ1v) is 7.35. The van der Waals surface area contributed by atoms with Crippen LogP contribution in [0.25, 0.3) is 5.82 Å². The van der Waals surface area contributed by atoms with Crippen LogP contribution in [0.4, 0.5) is 11.5 Å². The van der Waals surface area contributed by atoms with Gasteiger partial charge in [0.05, 0.1) is 0 Å². The van der Waals surface area contributed by atoms with Gasteiger partial charge in [0.25, 0.3) is 0 Å². The first kappa shape index (κ1) is 13.6. The van der Waals surface area contributed by atoms with Gasteiger partial charge in [-0.2, -0.15) is 0 Å². The molecule has 0 fully saturated rings. The summed E-state index contributed by atoms with van der Waals surface area (Å²) in [4.78, 5) is 12.5. The summed E-state index contributed by atoms with van der Waals surface area (Å²) in [6, 6.07) is 0. The summed E-state index contributed by atoms with van der Waals surface area (Å²) in [6.07, 6.45) is 15.2. The number of hydrogen-bond donors (Lipinski definition) is 2. The van der Waals surface area contributed by atoms with Gasteiger partial charge < -0.3 is 11.1 Å². The molecule has 0 aliphatic heterocycles. The molecule has 21 heavy (non-hydrogen) atoms. The number of nitrogens with one attached hydrogen (secondary N) is 1. The minimum absolute atomic E-state index is 0.549. The van der Waals surface area contributed by atoms with Crippen molar-refractivity contribution in [1.29, 1.82) is 0 Å². The van der Waals surface area contributed by atoms with E-state index in [1.165, 1.54) is 37.6 Å². The molecule has 6 nitrogen and oxygen atoms in total. The fourth-order valence-electron chi connectivity index (χ4n) is 2.59. The number of aromatic nitrogens is 4. The molecule has 0 radical (unpaired) electrons. The summed E-state index contributed by atoms with van der Waals surface area (Å²) in [5.74, 6) is 1.34. The maximum Gasteiger partial charge on any atom is 0.166 e. The number of nitrogens with two attached hydrogens (primary N) is 1. The third-order valence-electron chi connectivity index (χ3n) is 3.74. The number of anilines is 2. The van der Waals surface area contributed by atoms with Crippen molar-refractivity contribution in [3.05, 3.63) is 36.7 Å². The van der Waals surface area contributed by atoms with Gasteiger partial charge in [0, 0.05) is 18.9 Å². The van der Waals surface area contributed by atoms with Gasteiger partial charge in [-0.3, -0.25) is 4.57 Å². The van der Waals surface area contributed by atoms with Crippen molar-refractivity contribution in [2.45, 2.75) is 32.1 Å². The smallest absolute Gasteiger partial charge is 0.166 e. The molecule has 0 saturated heterocycles.